The second-order valence-electron chi connectivity index (χ2n) is 19.0. The predicted octanol–water partition coefficient (Wildman–Crippen LogP) is 17.0. The molecule has 1 amide bonds. The molecule has 3 N–H and O–H groups in total. The number of nitrogens with one attached hydrogen (secondary N) is 1. The second kappa shape index (κ2) is 51.8. The van der Waals surface area contributed by atoms with Gasteiger partial charge in [0.25, 0.3) is 0 Å². The molecule has 0 radical (unpaired) electrons. The summed E-state index contributed by atoms with van der Waals surface area (Å²) in [5, 5.41) is 23.8. The van der Waals surface area contributed by atoms with Gasteiger partial charge in [-0.2, -0.15) is 0 Å². The summed E-state index contributed by atoms with van der Waals surface area (Å²) in [5.74, 6) is -0.521. The van der Waals surface area contributed by atoms with Crippen molar-refractivity contribution < 1.29 is 24.5 Å². The number of unbranched alkanes of at least 4 members (excludes halogenated alkanes) is 30. The first kappa shape index (κ1) is 61.8. The Bertz CT molecular complexity index is 1100. The molecule has 0 aromatic heterocycles. The van der Waals surface area contributed by atoms with Gasteiger partial charge in [-0.05, 0) is 83.5 Å². The van der Waals surface area contributed by atoms with Gasteiger partial charge in [-0.3, -0.25) is 9.59 Å². The van der Waals surface area contributed by atoms with Crippen LogP contribution in [-0.2, 0) is 14.3 Å². The highest BCUT2D eigenvalue weighted by Gasteiger charge is 2.24. The number of ether oxygens (including phenoxy) is 1. The number of allylic oxidation sites excluding steroid dienone is 8. The van der Waals surface area contributed by atoms with E-state index in [-0.39, 0.29) is 24.9 Å². The number of rotatable bonds is 50. The van der Waals surface area contributed by atoms with Crippen molar-refractivity contribution in [1.82, 2.24) is 5.32 Å². The van der Waals surface area contributed by atoms with Crippen molar-refractivity contribution in [2.75, 3.05) is 6.61 Å². The van der Waals surface area contributed by atoms with E-state index in [1.807, 2.05) is 0 Å². The fraction of sp³-hybridized carbons (Fsp3) is 0.828. The molecule has 3 atom stereocenters. The summed E-state index contributed by atoms with van der Waals surface area (Å²) < 4.78 is 5.92. The first-order chi connectivity index (χ1) is 31.5. The fourth-order valence-electron chi connectivity index (χ4n) is 8.38. The number of carbonyl (C=O) groups excluding carboxylic acids is 2. The highest BCUT2D eigenvalue weighted by Crippen LogP contribution is 2.17. The molecule has 0 aliphatic carbocycles. The van der Waals surface area contributed by atoms with Gasteiger partial charge in [-0.1, -0.05) is 236 Å². The van der Waals surface area contributed by atoms with Crippen molar-refractivity contribution in [3.63, 3.8) is 0 Å². The summed E-state index contributed by atoms with van der Waals surface area (Å²) in [6.07, 6.45) is 63.2. The van der Waals surface area contributed by atoms with Gasteiger partial charge in [0.15, 0.2) is 0 Å². The molecule has 0 rings (SSSR count). The molecule has 0 saturated heterocycles. The molecule has 0 aliphatic heterocycles. The Morgan fingerprint density at radius 1 is 0.453 bits per heavy atom. The highest BCUT2D eigenvalue weighted by atomic mass is 16.5. The van der Waals surface area contributed by atoms with Crippen LogP contribution < -0.4 is 5.32 Å². The lowest BCUT2D eigenvalue weighted by Crippen LogP contribution is -2.46. The van der Waals surface area contributed by atoms with Crippen molar-refractivity contribution in [2.24, 2.45) is 0 Å². The van der Waals surface area contributed by atoms with Crippen LogP contribution in [0.3, 0.4) is 0 Å². The smallest absolute Gasteiger partial charge is 0.306 e. The largest absolute Gasteiger partial charge is 0.462 e. The van der Waals surface area contributed by atoms with Gasteiger partial charge in [0.2, 0.25) is 5.91 Å². The molecular formula is C58H107NO5. The Hall–Kier alpha value is -2.18. The van der Waals surface area contributed by atoms with Gasteiger partial charge in [0.05, 0.1) is 25.2 Å². The van der Waals surface area contributed by atoms with Crippen LogP contribution in [0.1, 0.15) is 284 Å². The molecule has 0 spiro atoms. The van der Waals surface area contributed by atoms with Crippen LogP contribution >= 0.6 is 0 Å². The summed E-state index contributed by atoms with van der Waals surface area (Å²) in [6.45, 7) is 6.46. The van der Waals surface area contributed by atoms with E-state index in [0.29, 0.717) is 19.3 Å². The summed E-state index contributed by atoms with van der Waals surface area (Å²) >= 11 is 0. The van der Waals surface area contributed by atoms with E-state index in [2.05, 4.69) is 74.7 Å². The van der Waals surface area contributed by atoms with Gasteiger partial charge in [0, 0.05) is 6.42 Å². The summed E-state index contributed by atoms with van der Waals surface area (Å²) in [5.41, 5.74) is 0. The van der Waals surface area contributed by atoms with Crippen LogP contribution in [0.5, 0.6) is 0 Å². The van der Waals surface area contributed by atoms with Crippen LogP contribution in [-0.4, -0.2) is 46.9 Å². The van der Waals surface area contributed by atoms with E-state index < -0.39 is 18.2 Å². The number of hydrogen-bond donors (Lipinski definition) is 3. The minimum atomic E-state index is -0.798. The molecule has 3 unspecified atom stereocenters. The third kappa shape index (κ3) is 46.4. The first-order valence-electron chi connectivity index (χ1n) is 27.9. The van der Waals surface area contributed by atoms with E-state index >= 15 is 0 Å². The molecule has 0 aromatic carbocycles. The highest BCUT2D eigenvalue weighted by molar-refractivity contribution is 5.77. The predicted molar refractivity (Wildman–Crippen MR) is 278 cm³/mol. The molecular weight excluding hydrogens is 791 g/mol. The molecule has 6 nitrogen and oxygen atoms in total. The van der Waals surface area contributed by atoms with Crippen molar-refractivity contribution in [2.45, 2.75) is 302 Å². The van der Waals surface area contributed by atoms with E-state index in [0.717, 1.165) is 83.5 Å². The minimum Gasteiger partial charge on any atom is -0.462 e. The monoisotopic (exact) mass is 898 g/mol. The van der Waals surface area contributed by atoms with Crippen molar-refractivity contribution >= 4 is 11.9 Å². The van der Waals surface area contributed by atoms with Gasteiger partial charge >= 0.3 is 5.97 Å². The molecule has 0 saturated carbocycles. The van der Waals surface area contributed by atoms with Gasteiger partial charge < -0.3 is 20.3 Å². The lowest BCUT2D eigenvalue weighted by molar-refractivity contribution is -0.151. The molecule has 0 heterocycles. The zero-order valence-corrected chi connectivity index (χ0v) is 42.7. The summed E-state index contributed by atoms with van der Waals surface area (Å²) in [4.78, 5) is 26.2. The topological polar surface area (TPSA) is 95.9 Å². The summed E-state index contributed by atoms with van der Waals surface area (Å²) in [6, 6.07) is -0.714. The number of esters is 1. The third-order valence-corrected chi connectivity index (χ3v) is 12.6. The SMILES string of the molecule is CCCCC/C=C\C/C=C\C/C=C\CCCCCCC(=O)OC(CCC/C=C\CCCCCCCCC)CC(=O)NC(CO)C(O)CCCCCCCCCCCCCCCCCC. The Morgan fingerprint density at radius 3 is 1.28 bits per heavy atom. The van der Waals surface area contributed by atoms with Gasteiger partial charge in [0.1, 0.15) is 6.10 Å². The maximum atomic E-state index is 13.2. The van der Waals surface area contributed by atoms with Crippen molar-refractivity contribution in [1.29, 1.82) is 0 Å². The van der Waals surface area contributed by atoms with Crippen LogP contribution in [0.4, 0.5) is 0 Å². The number of hydrogen-bond acceptors (Lipinski definition) is 5. The molecule has 374 valence electrons. The first-order valence-corrected chi connectivity index (χ1v) is 27.9. The average molecular weight is 898 g/mol. The van der Waals surface area contributed by atoms with Gasteiger partial charge in [-0.15, -0.1) is 0 Å². The normalized spacial score (nSPS) is 13.5. The Balaban J connectivity index is 4.56. The van der Waals surface area contributed by atoms with E-state index in [1.54, 1.807) is 0 Å². The number of aliphatic hydroxyl groups is 2. The minimum absolute atomic E-state index is 0.0486. The number of aliphatic hydroxyl groups excluding tert-OH is 2. The number of amides is 1. The Labute approximate surface area is 397 Å². The molecule has 0 fully saturated rings. The zero-order chi connectivity index (χ0) is 46.7. The lowest BCUT2D eigenvalue weighted by Gasteiger charge is -2.24. The fourth-order valence-corrected chi connectivity index (χ4v) is 8.38. The summed E-state index contributed by atoms with van der Waals surface area (Å²) in [7, 11) is 0. The Morgan fingerprint density at radius 2 is 0.812 bits per heavy atom. The van der Waals surface area contributed by atoms with Crippen LogP contribution in [0.15, 0.2) is 48.6 Å². The molecule has 0 aromatic rings. The van der Waals surface area contributed by atoms with Crippen molar-refractivity contribution in [3.8, 4) is 0 Å². The standard InChI is InChI=1S/C58H107NO5/c1-4-7-10-13-16-19-22-25-27-29-31-33-36-39-42-45-48-51-58(63)64-54(49-46-43-40-37-34-24-21-18-15-12-9-6-3)52-57(62)59-55(53-60)56(61)50-47-44-41-38-35-32-30-28-26-23-20-17-14-11-8-5-2/h16,19,25,27,31,33,37,40,54-56,60-61H,4-15,17-18,20-24,26,28-30,32,34-36,38-39,41-53H2,1-3H3,(H,59,62)/b19-16-,27-25-,33-31-,40-37-. The van der Waals surface area contributed by atoms with E-state index in [1.165, 1.54) is 154 Å². The number of carbonyl (C=O) groups is 2. The van der Waals surface area contributed by atoms with Crippen LogP contribution in [0, 0.1) is 0 Å². The second-order valence-corrected chi connectivity index (χ2v) is 19.0. The van der Waals surface area contributed by atoms with Crippen LogP contribution in [0.2, 0.25) is 0 Å². The van der Waals surface area contributed by atoms with Crippen molar-refractivity contribution in [3.05, 3.63) is 48.6 Å². The maximum absolute atomic E-state index is 13.2. The zero-order valence-electron chi connectivity index (χ0n) is 42.7. The Kier molecular flexibility index (Phi) is 50.0. The molecule has 6 heteroatoms. The quantitative estimate of drug-likeness (QED) is 0.0321. The third-order valence-electron chi connectivity index (χ3n) is 12.6. The van der Waals surface area contributed by atoms with Crippen LogP contribution in [0.25, 0.3) is 0 Å². The average Bonchev–Trinajstić information content (AvgIpc) is 3.29. The van der Waals surface area contributed by atoms with E-state index in [4.69, 9.17) is 4.74 Å². The molecule has 0 bridgehead atoms. The molecule has 64 heavy (non-hydrogen) atoms. The lowest BCUT2D eigenvalue weighted by atomic mass is 10.0. The van der Waals surface area contributed by atoms with E-state index in [9.17, 15) is 19.8 Å². The molecule has 0 aliphatic rings. The van der Waals surface area contributed by atoms with Gasteiger partial charge in [-0.25, -0.2) is 0 Å². The maximum Gasteiger partial charge on any atom is 0.306 e.